The van der Waals surface area contributed by atoms with Crippen LogP contribution < -0.4 is 10.6 Å². The summed E-state index contributed by atoms with van der Waals surface area (Å²) < 4.78 is 5.00. The van der Waals surface area contributed by atoms with Crippen LogP contribution in [0.2, 0.25) is 0 Å². The van der Waals surface area contributed by atoms with Crippen molar-refractivity contribution in [3.05, 3.63) is 44.4 Å². The van der Waals surface area contributed by atoms with Crippen LogP contribution in [0.15, 0.2) is 18.2 Å². The monoisotopic (exact) mass is 390 g/mol. The van der Waals surface area contributed by atoms with E-state index in [1.165, 1.54) is 34.4 Å². The minimum absolute atomic E-state index is 0.135. The van der Waals surface area contributed by atoms with Crippen molar-refractivity contribution in [2.45, 2.75) is 26.2 Å². The molecule has 8 nitrogen and oxygen atoms in total. The van der Waals surface area contributed by atoms with Gasteiger partial charge in [0.05, 0.1) is 22.8 Å². The average Bonchev–Trinajstić information content (AvgIpc) is 3.03. The minimum Gasteiger partial charge on any atom is -0.383 e. The molecule has 0 saturated heterocycles. The van der Waals surface area contributed by atoms with E-state index in [9.17, 15) is 14.9 Å². The van der Waals surface area contributed by atoms with Crippen LogP contribution in [-0.4, -0.2) is 36.1 Å². The number of anilines is 2. The lowest BCUT2D eigenvalue weighted by molar-refractivity contribution is -0.384. The Morgan fingerprint density at radius 3 is 3.04 bits per heavy atom. The zero-order valence-corrected chi connectivity index (χ0v) is 16.1. The smallest absolute Gasteiger partial charge is 0.270 e. The number of methoxy groups -OCH3 is 1. The van der Waals surface area contributed by atoms with Gasteiger partial charge in [-0.2, -0.15) is 0 Å². The van der Waals surface area contributed by atoms with Gasteiger partial charge in [0.15, 0.2) is 5.13 Å². The number of nitro benzene ring substituents is 1. The van der Waals surface area contributed by atoms with Crippen LogP contribution in [-0.2, 0) is 17.6 Å². The van der Waals surface area contributed by atoms with Crippen LogP contribution in [0.5, 0.6) is 0 Å². The molecule has 1 amide bonds. The fraction of sp³-hybridized carbons (Fsp3) is 0.444. The Kier molecular flexibility index (Phi) is 6.02. The van der Waals surface area contributed by atoms with E-state index in [0.29, 0.717) is 29.9 Å². The maximum absolute atomic E-state index is 12.8. The van der Waals surface area contributed by atoms with Crippen LogP contribution in [0, 0.1) is 16.0 Å². The fourth-order valence-electron chi connectivity index (χ4n) is 3.03. The second kappa shape index (κ2) is 8.45. The predicted molar refractivity (Wildman–Crippen MR) is 105 cm³/mol. The maximum atomic E-state index is 12.8. The first-order valence-corrected chi connectivity index (χ1v) is 9.60. The van der Waals surface area contributed by atoms with E-state index in [4.69, 9.17) is 4.74 Å². The molecule has 1 aliphatic rings. The van der Waals surface area contributed by atoms with Crippen LogP contribution in [0.4, 0.5) is 16.5 Å². The first-order valence-electron chi connectivity index (χ1n) is 8.79. The maximum Gasteiger partial charge on any atom is 0.270 e. The second-order valence-corrected chi connectivity index (χ2v) is 7.68. The zero-order chi connectivity index (χ0) is 19.4. The van der Waals surface area contributed by atoms with Crippen LogP contribution in [0.25, 0.3) is 0 Å². The van der Waals surface area contributed by atoms with E-state index in [2.05, 4.69) is 22.5 Å². The number of hydrogen-bond acceptors (Lipinski definition) is 7. The summed E-state index contributed by atoms with van der Waals surface area (Å²) in [5.41, 5.74) is 1.64. The molecular formula is C18H22N4O4S. The molecule has 0 fully saturated rings. The van der Waals surface area contributed by atoms with Gasteiger partial charge in [-0.3, -0.25) is 20.2 Å². The molecule has 0 radical (unpaired) electrons. The number of rotatable bonds is 7. The van der Waals surface area contributed by atoms with E-state index in [1.807, 2.05) is 0 Å². The zero-order valence-electron chi connectivity index (χ0n) is 15.3. The highest BCUT2D eigenvalue weighted by Crippen LogP contribution is 2.32. The number of fused-ring (bicyclic) bond motifs is 1. The van der Waals surface area contributed by atoms with Crippen molar-refractivity contribution in [1.29, 1.82) is 0 Å². The first-order chi connectivity index (χ1) is 13.0. The Morgan fingerprint density at radius 1 is 1.48 bits per heavy atom. The topological polar surface area (TPSA) is 106 Å². The summed E-state index contributed by atoms with van der Waals surface area (Å²) in [7, 11) is 1.58. The van der Waals surface area contributed by atoms with E-state index in [0.717, 1.165) is 25.0 Å². The molecule has 144 valence electrons. The normalized spacial score (nSPS) is 15.9. The quantitative estimate of drug-likeness (QED) is 0.426. The highest BCUT2D eigenvalue weighted by Gasteiger charge is 2.22. The van der Waals surface area contributed by atoms with Gasteiger partial charge in [0.2, 0.25) is 0 Å². The van der Waals surface area contributed by atoms with E-state index >= 15 is 0 Å². The second-order valence-electron chi connectivity index (χ2n) is 6.60. The lowest BCUT2D eigenvalue weighted by atomic mass is 9.93. The number of nitrogens with one attached hydrogen (secondary N) is 2. The van der Waals surface area contributed by atoms with Crippen molar-refractivity contribution in [1.82, 2.24) is 4.98 Å². The molecule has 0 saturated carbocycles. The van der Waals surface area contributed by atoms with Crippen molar-refractivity contribution in [2.24, 2.45) is 5.92 Å². The number of amides is 1. The number of nitro groups is 1. The van der Waals surface area contributed by atoms with E-state index in [1.54, 1.807) is 7.11 Å². The van der Waals surface area contributed by atoms with E-state index in [-0.39, 0.29) is 11.3 Å². The number of benzene rings is 1. The Balaban J connectivity index is 1.81. The largest absolute Gasteiger partial charge is 0.383 e. The molecule has 2 N–H and O–H groups in total. The number of carbonyl (C=O) groups is 1. The van der Waals surface area contributed by atoms with Gasteiger partial charge in [-0.15, -0.1) is 11.3 Å². The van der Waals surface area contributed by atoms with Crippen molar-refractivity contribution < 1.29 is 14.5 Å². The molecule has 2 aromatic rings. The summed E-state index contributed by atoms with van der Waals surface area (Å²) >= 11 is 1.48. The highest BCUT2D eigenvalue weighted by molar-refractivity contribution is 7.15. The number of ether oxygens (including phenoxy) is 1. The highest BCUT2D eigenvalue weighted by atomic mass is 32.1. The molecule has 0 aliphatic heterocycles. The molecule has 0 unspecified atom stereocenters. The SMILES string of the molecule is COCCNc1ccc([N+](=O)[O-])cc1C(=O)Nc1nc2c(s1)C[C@H](C)CC2. The summed E-state index contributed by atoms with van der Waals surface area (Å²) in [6, 6.07) is 4.19. The number of aryl methyl sites for hydroxylation is 1. The average molecular weight is 390 g/mol. The summed E-state index contributed by atoms with van der Waals surface area (Å²) in [5, 5.41) is 17.5. The van der Waals surface area contributed by atoms with Gasteiger partial charge < -0.3 is 10.1 Å². The standard InChI is InChI=1S/C18H22N4O4S/c1-11-3-5-15-16(9-11)27-18(20-15)21-17(23)13-10-12(22(24)25)4-6-14(13)19-7-8-26-2/h4,6,10-11,19H,3,5,7-9H2,1-2H3,(H,20,21,23)/t11-/m1/s1. The van der Waals surface area contributed by atoms with Gasteiger partial charge in [0.1, 0.15) is 0 Å². The van der Waals surface area contributed by atoms with Gasteiger partial charge in [-0.05, 0) is 31.2 Å². The molecule has 0 bridgehead atoms. The molecule has 0 spiro atoms. The van der Waals surface area contributed by atoms with Crippen LogP contribution in [0.1, 0.15) is 34.3 Å². The number of aromatic nitrogens is 1. The van der Waals surface area contributed by atoms with Crippen molar-refractivity contribution in [3.63, 3.8) is 0 Å². The lowest BCUT2D eigenvalue weighted by Crippen LogP contribution is -2.17. The number of thiazole rings is 1. The molecule has 9 heteroatoms. The van der Waals surface area contributed by atoms with E-state index < -0.39 is 10.8 Å². The summed E-state index contributed by atoms with van der Waals surface area (Å²) in [4.78, 5) is 29.1. The molecule has 27 heavy (non-hydrogen) atoms. The van der Waals surface area contributed by atoms with Crippen molar-refractivity contribution in [3.8, 4) is 0 Å². The number of carbonyl (C=O) groups excluding carboxylic acids is 1. The third-order valence-corrected chi connectivity index (χ3v) is 5.52. The summed E-state index contributed by atoms with van der Waals surface area (Å²) in [6.07, 6.45) is 3.00. The van der Waals surface area contributed by atoms with Gasteiger partial charge in [-0.1, -0.05) is 6.92 Å². The molecular weight excluding hydrogens is 368 g/mol. The molecule has 1 aromatic heterocycles. The molecule has 1 atom stereocenters. The molecule has 1 aromatic carbocycles. The Bertz CT molecular complexity index is 852. The number of nitrogens with zero attached hydrogens (tertiary/aromatic N) is 2. The van der Waals surface area contributed by atoms with Crippen LogP contribution >= 0.6 is 11.3 Å². The molecule has 1 heterocycles. The summed E-state index contributed by atoms with van der Waals surface area (Å²) in [5.74, 6) is 0.202. The third-order valence-electron chi connectivity index (χ3n) is 4.49. The van der Waals surface area contributed by atoms with Gasteiger partial charge >= 0.3 is 0 Å². The van der Waals surface area contributed by atoms with Crippen LogP contribution in [0.3, 0.4) is 0 Å². The predicted octanol–water partition coefficient (Wildman–Crippen LogP) is 3.49. The third kappa shape index (κ3) is 4.61. The fourth-order valence-corrected chi connectivity index (χ4v) is 4.20. The number of non-ortho nitro benzene ring substituents is 1. The Labute approximate surface area is 161 Å². The minimum atomic E-state index is -0.515. The Morgan fingerprint density at radius 2 is 2.30 bits per heavy atom. The number of hydrogen-bond donors (Lipinski definition) is 2. The first kappa shape index (κ1) is 19.2. The lowest BCUT2D eigenvalue weighted by Gasteiger charge is -2.15. The molecule has 1 aliphatic carbocycles. The van der Waals surface area contributed by atoms with Gasteiger partial charge in [-0.25, -0.2) is 4.98 Å². The molecule has 3 rings (SSSR count). The van der Waals surface area contributed by atoms with Gasteiger partial charge in [0.25, 0.3) is 11.6 Å². The van der Waals surface area contributed by atoms with Gasteiger partial charge in [0, 0.05) is 36.4 Å². The van der Waals surface area contributed by atoms with Crippen molar-refractivity contribution in [2.75, 3.05) is 30.9 Å². The Hall–Kier alpha value is -2.52. The van der Waals surface area contributed by atoms with Crippen molar-refractivity contribution >= 4 is 33.8 Å². The summed E-state index contributed by atoms with van der Waals surface area (Å²) in [6.45, 7) is 3.15.